The van der Waals surface area contributed by atoms with Crippen LogP contribution >= 0.6 is 7.37 Å². The van der Waals surface area contributed by atoms with E-state index in [1.165, 1.54) is 0 Å². The van der Waals surface area contributed by atoms with Crippen LogP contribution in [0.25, 0.3) is 0 Å². The number of carbonyl (C=O) groups is 1. The van der Waals surface area contributed by atoms with Gasteiger partial charge in [-0.25, -0.2) is 4.79 Å². The van der Waals surface area contributed by atoms with Crippen molar-refractivity contribution in [3.8, 4) is 0 Å². The van der Waals surface area contributed by atoms with Gasteiger partial charge in [0.25, 0.3) is 0 Å². The molecule has 0 aromatic heterocycles. The molecule has 0 aliphatic heterocycles. The highest BCUT2D eigenvalue weighted by Crippen LogP contribution is 2.53. The standard InChI is InChI=1S/C16H17BO2P/c1-13(2)16(18)19-20(17,14-9-5-3-6-10-14)15-11-7-4-8-12-15/h3-13H,1-2H3/q+1. The van der Waals surface area contributed by atoms with Crippen LogP contribution in [0.5, 0.6) is 0 Å². The SMILES string of the molecule is [B][P+](OC(=O)C(C)C)(c1ccccc1)c1ccccc1. The predicted molar refractivity (Wildman–Crippen MR) is 85.8 cm³/mol. The Labute approximate surface area is 122 Å². The van der Waals surface area contributed by atoms with Gasteiger partial charge >= 0.3 is 13.5 Å². The first-order valence-electron chi connectivity index (χ1n) is 6.56. The van der Waals surface area contributed by atoms with E-state index < -0.39 is 7.37 Å². The summed E-state index contributed by atoms with van der Waals surface area (Å²) in [7, 11) is 3.91. The number of carbonyl (C=O) groups excluding carboxylic acids is 1. The van der Waals surface area contributed by atoms with Gasteiger partial charge in [0.15, 0.2) is 0 Å². The molecule has 0 amide bonds. The molecule has 2 rings (SSSR count). The Hall–Kier alpha value is -1.60. The van der Waals surface area contributed by atoms with Crippen molar-refractivity contribution in [2.24, 2.45) is 5.92 Å². The van der Waals surface area contributed by atoms with E-state index in [0.717, 1.165) is 10.6 Å². The van der Waals surface area contributed by atoms with Gasteiger partial charge in [0.1, 0.15) is 10.6 Å². The van der Waals surface area contributed by atoms with E-state index in [1.807, 2.05) is 74.5 Å². The van der Waals surface area contributed by atoms with Crippen LogP contribution in [0.2, 0.25) is 0 Å². The maximum atomic E-state index is 12.0. The fourth-order valence-corrected chi connectivity index (χ4v) is 4.03. The first-order chi connectivity index (χ1) is 9.54. The van der Waals surface area contributed by atoms with Gasteiger partial charge in [0.2, 0.25) is 7.37 Å². The van der Waals surface area contributed by atoms with Crippen LogP contribution in [0.3, 0.4) is 0 Å². The third-order valence-electron chi connectivity index (χ3n) is 2.98. The Balaban J connectivity index is 2.47. The van der Waals surface area contributed by atoms with E-state index in [2.05, 4.69) is 0 Å². The fraction of sp³-hybridized carbons (Fsp3) is 0.188. The van der Waals surface area contributed by atoms with Crippen molar-refractivity contribution >= 4 is 31.5 Å². The number of hydrogen-bond acceptors (Lipinski definition) is 2. The van der Waals surface area contributed by atoms with Crippen molar-refractivity contribution in [2.75, 3.05) is 0 Å². The van der Waals surface area contributed by atoms with E-state index in [9.17, 15) is 4.79 Å². The first-order valence-corrected chi connectivity index (χ1v) is 8.34. The molecule has 0 spiro atoms. The largest absolute Gasteiger partial charge is 0.428 e. The second-order valence-corrected chi connectivity index (χ2v) is 7.43. The van der Waals surface area contributed by atoms with Gasteiger partial charge in [-0.2, -0.15) is 0 Å². The summed E-state index contributed by atoms with van der Waals surface area (Å²) in [5.41, 5.74) is 0. The number of hydrogen-bond donors (Lipinski definition) is 0. The molecule has 2 aromatic rings. The molecule has 0 aliphatic carbocycles. The molecular weight excluding hydrogens is 266 g/mol. The summed E-state index contributed by atoms with van der Waals surface area (Å²) in [6, 6.07) is 19.1. The summed E-state index contributed by atoms with van der Waals surface area (Å²) in [5, 5.41) is 1.72. The summed E-state index contributed by atoms with van der Waals surface area (Å²) in [5.74, 6) is -0.473. The van der Waals surface area contributed by atoms with E-state index >= 15 is 0 Å². The second-order valence-electron chi connectivity index (χ2n) is 4.89. The Morgan fingerprint density at radius 1 is 0.950 bits per heavy atom. The van der Waals surface area contributed by atoms with Gasteiger partial charge in [-0.15, -0.1) is 0 Å². The molecule has 20 heavy (non-hydrogen) atoms. The van der Waals surface area contributed by atoms with Crippen molar-refractivity contribution in [3.05, 3.63) is 60.7 Å². The van der Waals surface area contributed by atoms with Gasteiger partial charge in [-0.3, -0.25) is 0 Å². The monoisotopic (exact) mass is 283 g/mol. The fourth-order valence-electron chi connectivity index (χ4n) is 1.80. The molecule has 100 valence electrons. The molecule has 0 unspecified atom stereocenters. The highest BCUT2D eigenvalue weighted by Gasteiger charge is 2.43. The maximum absolute atomic E-state index is 12.0. The summed E-state index contributed by atoms with van der Waals surface area (Å²) in [6.45, 7) is 3.62. The lowest BCUT2D eigenvalue weighted by Crippen LogP contribution is -2.28. The maximum Gasteiger partial charge on any atom is 0.428 e. The molecule has 2 radical (unpaired) electrons. The zero-order chi connectivity index (χ0) is 14.6. The molecule has 0 saturated heterocycles. The zero-order valence-electron chi connectivity index (χ0n) is 11.7. The topological polar surface area (TPSA) is 26.3 Å². The zero-order valence-corrected chi connectivity index (χ0v) is 12.6. The summed E-state index contributed by atoms with van der Waals surface area (Å²) < 4.78 is 5.72. The van der Waals surface area contributed by atoms with Crippen LogP contribution in [0.1, 0.15) is 13.8 Å². The summed E-state index contributed by atoms with van der Waals surface area (Å²) in [6.07, 6.45) is 0. The quantitative estimate of drug-likeness (QED) is 0.637. The minimum Gasteiger partial charge on any atom is -0.321 e. The van der Waals surface area contributed by atoms with Gasteiger partial charge in [0.05, 0.1) is 5.92 Å². The van der Waals surface area contributed by atoms with Gasteiger partial charge < -0.3 is 4.52 Å². The van der Waals surface area contributed by atoms with Crippen LogP contribution in [0, 0.1) is 5.92 Å². The predicted octanol–water partition coefficient (Wildman–Crippen LogP) is 2.85. The third-order valence-corrected chi connectivity index (χ3v) is 5.58. The van der Waals surface area contributed by atoms with Crippen molar-refractivity contribution in [1.82, 2.24) is 0 Å². The molecular formula is C16H17BO2P+. The molecule has 4 heteroatoms. The minimum atomic E-state index is -2.63. The van der Waals surface area contributed by atoms with Gasteiger partial charge in [0, 0.05) is 0 Å². The third kappa shape index (κ3) is 3.11. The van der Waals surface area contributed by atoms with Crippen LogP contribution < -0.4 is 10.6 Å². The first kappa shape index (κ1) is 14.8. The van der Waals surface area contributed by atoms with Crippen LogP contribution in [-0.4, -0.2) is 13.5 Å². The molecule has 0 bridgehead atoms. The molecule has 2 nitrogen and oxygen atoms in total. The van der Waals surface area contributed by atoms with Crippen LogP contribution in [0.15, 0.2) is 60.7 Å². The average molecular weight is 283 g/mol. The van der Waals surface area contributed by atoms with Crippen molar-refractivity contribution in [1.29, 1.82) is 0 Å². The van der Waals surface area contributed by atoms with E-state index in [-0.39, 0.29) is 11.9 Å². The molecule has 2 aromatic carbocycles. The highest BCUT2D eigenvalue weighted by atomic mass is 31.2. The number of benzene rings is 2. The lowest BCUT2D eigenvalue weighted by molar-refractivity contribution is -0.136. The van der Waals surface area contributed by atoms with Crippen LogP contribution in [-0.2, 0) is 9.32 Å². The smallest absolute Gasteiger partial charge is 0.321 e. The lowest BCUT2D eigenvalue weighted by Gasteiger charge is -2.22. The number of rotatable bonds is 4. The van der Waals surface area contributed by atoms with Gasteiger partial charge in [-0.05, 0) is 24.3 Å². The van der Waals surface area contributed by atoms with Gasteiger partial charge in [-0.1, -0.05) is 50.2 Å². The Kier molecular flexibility index (Phi) is 4.62. The molecule has 0 atom stereocenters. The molecule has 0 N–H and O–H groups in total. The molecule has 0 heterocycles. The summed E-state index contributed by atoms with van der Waals surface area (Å²) in [4.78, 5) is 12.0. The van der Waals surface area contributed by atoms with Crippen molar-refractivity contribution < 1.29 is 9.32 Å². The Morgan fingerprint density at radius 3 is 1.70 bits per heavy atom. The molecule has 0 saturated carbocycles. The average Bonchev–Trinajstić information content (AvgIpc) is 2.48. The Morgan fingerprint density at radius 2 is 1.35 bits per heavy atom. The van der Waals surface area contributed by atoms with E-state index in [4.69, 9.17) is 12.1 Å². The van der Waals surface area contributed by atoms with Crippen molar-refractivity contribution in [3.63, 3.8) is 0 Å². The van der Waals surface area contributed by atoms with E-state index in [1.54, 1.807) is 0 Å². The second kappa shape index (κ2) is 6.24. The minimum absolute atomic E-state index is 0.203. The lowest BCUT2D eigenvalue weighted by atomic mass is 10.2. The molecule has 0 fully saturated rings. The van der Waals surface area contributed by atoms with Crippen LogP contribution in [0.4, 0.5) is 0 Å². The summed E-state index contributed by atoms with van der Waals surface area (Å²) >= 11 is 0. The normalized spacial score (nSPS) is 11.3. The molecule has 0 aliphatic rings. The van der Waals surface area contributed by atoms with Crippen molar-refractivity contribution in [2.45, 2.75) is 13.8 Å². The van der Waals surface area contributed by atoms with E-state index in [0.29, 0.717) is 0 Å². The highest BCUT2D eigenvalue weighted by molar-refractivity contribution is 8.05. The Bertz CT molecular complexity index is 530.